The molecule has 0 fully saturated rings. The van der Waals surface area contributed by atoms with E-state index >= 15 is 0 Å². The van der Waals surface area contributed by atoms with Crippen LogP contribution in [0.25, 0.3) is 12.3 Å². The minimum atomic E-state index is 0.571. The Morgan fingerprint density at radius 2 is 1.77 bits per heavy atom. The highest BCUT2D eigenvalue weighted by molar-refractivity contribution is 6.42. The van der Waals surface area contributed by atoms with Gasteiger partial charge in [0.05, 0.1) is 10.0 Å². The highest BCUT2D eigenvalue weighted by Gasteiger charge is 2.20. The number of fused-ring (bicyclic) bond motifs is 1. The number of anilines is 3. The first-order chi connectivity index (χ1) is 15.2. The average Bonchev–Trinajstić information content (AvgIpc) is 3.44. The zero-order valence-electron chi connectivity index (χ0n) is 16.4. The van der Waals surface area contributed by atoms with Gasteiger partial charge in [-0.3, -0.25) is 0 Å². The number of rotatable bonds is 5. The molecule has 3 aromatic carbocycles. The average molecular weight is 449 g/mol. The predicted octanol–water partition coefficient (Wildman–Crippen LogP) is 5.87. The van der Waals surface area contributed by atoms with E-state index < -0.39 is 0 Å². The molecule has 0 aliphatic carbocycles. The Bertz CT molecular complexity index is 1250. The maximum Gasteiger partial charge on any atom is 0.143 e. The van der Waals surface area contributed by atoms with Crippen molar-refractivity contribution in [2.45, 2.75) is 13.1 Å². The molecule has 154 valence electrons. The van der Waals surface area contributed by atoms with E-state index in [4.69, 9.17) is 23.2 Å². The summed E-state index contributed by atoms with van der Waals surface area (Å²) in [6.45, 7) is 1.67. The maximum absolute atomic E-state index is 6.21. The Hall–Kier alpha value is -3.35. The van der Waals surface area contributed by atoms with Gasteiger partial charge >= 0.3 is 0 Å². The summed E-state index contributed by atoms with van der Waals surface area (Å²) >= 11 is 12.3. The molecular weight excluding hydrogens is 431 g/mol. The van der Waals surface area contributed by atoms with Crippen LogP contribution in [-0.4, -0.2) is 20.2 Å². The third-order valence-corrected chi connectivity index (χ3v) is 5.95. The molecule has 1 aliphatic rings. The lowest BCUT2D eigenvalue weighted by molar-refractivity contribution is 0.820. The van der Waals surface area contributed by atoms with Crippen LogP contribution >= 0.6 is 23.2 Å². The van der Waals surface area contributed by atoms with Crippen molar-refractivity contribution in [3.05, 3.63) is 93.7 Å². The Morgan fingerprint density at radius 3 is 2.61 bits per heavy atom. The van der Waals surface area contributed by atoms with Gasteiger partial charge in [0.2, 0.25) is 0 Å². The number of hydrogen-bond donors (Lipinski definition) is 1. The van der Waals surface area contributed by atoms with Gasteiger partial charge in [0.15, 0.2) is 0 Å². The second-order valence-corrected chi connectivity index (χ2v) is 8.07. The van der Waals surface area contributed by atoms with Crippen LogP contribution in [0.2, 0.25) is 10.0 Å². The van der Waals surface area contributed by atoms with Crippen molar-refractivity contribution in [1.29, 1.82) is 0 Å². The highest BCUT2D eigenvalue weighted by atomic mass is 35.5. The minimum absolute atomic E-state index is 0.571. The standard InChI is InChI=1S/C23H18Cl2N6/c24-21-8-7-20(12-22(21)25)30-13-17-5-6-19(11-18(17)14-30)27-23-4-2-1-3-16(23)9-10-31-15-26-28-29-31/h1-12,15,27H,13-14H2/b10-9+. The molecule has 1 aromatic heterocycles. The van der Waals surface area contributed by atoms with Crippen molar-refractivity contribution >= 4 is 52.5 Å². The van der Waals surface area contributed by atoms with Crippen LogP contribution in [-0.2, 0) is 13.1 Å². The Morgan fingerprint density at radius 1 is 0.903 bits per heavy atom. The van der Waals surface area contributed by atoms with E-state index in [9.17, 15) is 0 Å². The van der Waals surface area contributed by atoms with Gasteiger partial charge in [-0.25, -0.2) is 4.68 Å². The Labute approximate surface area is 189 Å². The second-order valence-electron chi connectivity index (χ2n) is 7.26. The third kappa shape index (κ3) is 4.26. The minimum Gasteiger partial charge on any atom is -0.363 e. The number of nitrogens with zero attached hydrogens (tertiary/aromatic N) is 5. The number of benzene rings is 3. The zero-order chi connectivity index (χ0) is 21.2. The van der Waals surface area contributed by atoms with Crippen LogP contribution in [0, 0.1) is 0 Å². The summed E-state index contributed by atoms with van der Waals surface area (Å²) in [4.78, 5) is 2.29. The summed E-state index contributed by atoms with van der Waals surface area (Å²) in [6.07, 6.45) is 5.34. The molecule has 0 spiro atoms. The van der Waals surface area contributed by atoms with E-state index in [0.29, 0.717) is 10.0 Å². The lowest BCUT2D eigenvalue weighted by Crippen LogP contribution is -2.14. The van der Waals surface area contributed by atoms with Crippen molar-refractivity contribution < 1.29 is 0 Å². The molecule has 0 radical (unpaired) electrons. The second kappa shape index (κ2) is 8.41. The first-order valence-electron chi connectivity index (χ1n) is 9.74. The molecule has 8 heteroatoms. The molecule has 0 saturated heterocycles. The monoisotopic (exact) mass is 448 g/mol. The molecule has 0 saturated carbocycles. The summed E-state index contributed by atoms with van der Waals surface area (Å²) in [5.74, 6) is 0. The number of tetrazole rings is 1. The van der Waals surface area contributed by atoms with Crippen molar-refractivity contribution in [2.75, 3.05) is 10.2 Å². The van der Waals surface area contributed by atoms with Gasteiger partial charge in [-0.2, -0.15) is 0 Å². The normalized spacial score (nSPS) is 13.0. The van der Waals surface area contributed by atoms with E-state index in [1.807, 2.05) is 48.7 Å². The number of nitrogens with one attached hydrogen (secondary N) is 1. The number of hydrogen-bond acceptors (Lipinski definition) is 5. The van der Waals surface area contributed by atoms with Gasteiger partial charge in [-0.1, -0.05) is 47.5 Å². The Kier molecular flexibility index (Phi) is 5.32. The van der Waals surface area contributed by atoms with Crippen molar-refractivity contribution in [2.24, 2.45) is 0 Å². The van der Waals surface area contributed by atoms with Crippen molar-refractivity contribution in [3.8, 4) is 0 Å². The van der Waals surface area contributed by atoms with Crippen LogP contribution in [0.15, 0.2) is 67.0 Å². The number of aromatic nitrogens is 4. The van der Waals surface area contributed by atoms with Crippen LogP contribution in [0.1, 0.15) is 16.7 Å². The first kappa shape index (κ1) is 19.6. The fourth-order valence-corrected chi connectivity index (χ4v) is 3.93. The fraction of sp³-hybridized carbons (Fsp3) is 0.0870. The lowest BCUT2D eigenvalue weighted by atomic mass is 10.1. The molecule has 0 unspecified atom stereocenters. The smallest absolute Gasteiger partial charge is 0.143 e. The molecule has 31 heavy (non-hydrogen) atoms. The molecule has 0 bridgehead atoms. The summed E-state index contributed by atoms with van der Waals surface area (Å²) in [7, 11) is 0. The van der Waals surface area contributed by atoms with Crippen molar-refractivity contribution in [1.82, 2.24) is 20.2 Å². The number of para-hydroxylation sites is 1. The number of halogens is 2. The Balaban J connectivity index is 1.35. The van der Waals surface area contributed by atoms with Gasteiger partial charge in [-0.15, -0.1) is 5.10 Å². The van der Waals surface area contributed by atoms with Gasteiger partial charge in [0.25, 0.3) is 0 Å². The quantitative estimate of drug-likeness (QED) is 0.413. The zero-order valence-corrected chi connectivity index (χ0v) is 17.9. The predicted molar refractivity (Wildman–Crippen MR) is 126 cm³/mol. The largest absolute Gasteiger partial charge is 0.363 e. The van der Waals surface area contributed by atoms with E-state index in [1.165, 1.54) is 11.1 Å². The van der Waals surface area contributed by atoms with Crippen LogP contribution in [0.3, 0.4) is 0 Å². The van der Waals surface area contributed by atoms with Crippen LogP contribution < -0.4 is 10.2 Å². The molecule has 5 rings (SSSR count). The molecule has 0 atom stereocenters. The summed E-state index contributed by atoms with van der Waals surface area (Å²) in [6, 6.07) is 20.4. The van der Waals surface area contributed by atoms with Gasteiger partial charge in [0.1, 0.15) is 6.33 Å². The van der Waals surface area contributed by atoms with Crippen LogP contribution in [0.4, 0.5) is 17.1 Å². The van der Waals surface area contributed by atoms with E-state index in [2.05, 4.69) is 50.0 Å². The van der Waals surface area contributed by atoms with Crippen LogP contribution in [0.5, 0.6) is 0 Å². The fourth-order valence-electron chi connectivity index (χ4n) is 3.64. The molecule has 4 aromatic rings. The summed E-state index contributed by atoms with van der Waals surface area (Å²) < 4.78 is 1.56. The molecule has 0 amide bonds. The van der Waals surface area contributed by atoms with E-state index in [1.54, 1.807) is 11.0 Å². The summed E-state index contributed by atoms with van der Waals surface area (Å²) in [5, 5.41) is 15.8. The molecule has 1 N–H and O–H groups in total. The SMILES string of the molecule is Clc1ccc(N2Cc3ccc(Nc4ccccc4/C=C/n4cnnn4)cc3C2)cc1Cl. The van der Waals surface area contributed by atoms with E-state index in [0.717, 1.165) is 35.7 Å². The molecule has 6 nitrogen and oxygen atoms in total. The highest BCUT2D eigenvalue weighted by Crippen LogP contribution is 2.34. The summed E-state index contributed by atoms with van der Waals surface area (Å²) in [5.41, 5.74) is 6.75. The van der Waals surface area contributed by atoms with Gasteiger partial charge in [-0.05, 0) is 69.6 Å². The lowest BCUT2D eigenvalue weighted by Gasteiger charge is -2.18. The van der Waals surface area contributed by atoms with Crippen molar-refractivity contribution in [3.63, 3.8) is 0 Å². The first-order valence-corrected chi connectivity index (χ1v) is 10.5. The molecular formula is C23H18Cl2N6. The van der Waals surface area contributed by atoms with Gasteiger partial charge < -0.3 is 10.2 Å². The maximum atomic E-state index is 6.21. The van der Waals surface area contributed by atoms with E-state index in [-0.39, 0.29) is 0 Å². The third-order valence-electron chi connectivity index (χ3n) is 5.21. The molecule has 1 aliphatic heterocycles. The topological polar surface area (TPSA) is 58.9 Å². The molecule has 2 heterocycles. The van der Waals surface area contributed by atoms with Gasteiger partial charge in [0, 0.05) is 36.4 Å².